The summed E-state index contributed by atoms with van der Waals surface area (Å²) < 4.78 is 0. The van der Waals surface area contributed by atoms with E-state index in [1.165, 1.54) is 0 Å². The predicted molar refractivity (Wildman–Crippen MR) is 80.2 cm³/mol. The standard InChI is InChI=1S/C16H11Cl2NO/c17-13-7-4-8-14(18)16(13)12(10-19)9-15(20)11-5-2-1-3-6-11/h1-8,12H,9H2/t12-/m0/s1. The molecule has 0 aliphatic rings. The van der Waals surface area contributed by atoms with Crippen LogP contribution in [0.25, 0.3) is 0 Å². The Morgan fingerprint density at radius 2 is 1.65 bits per heavy atom. The van der Waals surface area contributed by atoms with E-state index >= 15 is 0 Å². The van der Waals surface area contributed by atoms with Crippen molar-refractivity contribution in [2.45, 2.75) is 12.3 Å². The lowest BCUT2D eigenvalue weighted by Crippen LogP contribution is -2.07. The van der Waals surface area contributed by atoms with Crippen LogP contribution in [0.2, 0.25) is 10.0 Å². The maximum Gasteiger partial charge on any atom is 0.164 e. The maximum atomic E-state index is 12.2. The molecule has 0 bridgehead atoms. The molecule has 0 aromatic heterocycles. The van der Waals surface area contributed by atoms with Gasteiger partial charge in [0.2, 0.25) is 0 Å². The van der Waals surface area contributed by atoms with E-state index in [4.69, 9.17) is 23.2 Å². The van der Waals surface area contributed by atoms with Crippen LogP contribution in [0, 0.1) is 11.3 Å². The highest BCUT2D eigenvalue weighted by molar-refractivity contribution is 6.36. The zero-order valence-corrected chi connectivity index (χ0v) is 12.0. The molecule has 0 spiro atoms. The van der Waals surface area contributed by atoms with Gasteiger partial charge in [-0.3, -0.25) is 4.79 Å². The number of carbonyl (C=O) groups excluding carboxylic acids is 1. The Bertz CT molecular complexity index is 642. The first kappa shape index (κ1) is 14.6. The highest BCUT2D eigenvalue weighted by atomic mass is 35.5. The normalized spacial score (nSPS) is 11.7. The number of benzene rings is 2. The minimum Gasteiger partial charge on any atom is -0.294 e. The Kier molecular flexibility index (Phi) is 4.79. The van der Waals surface area contributed by atoms with E-state index < -0.39 is 5.92 Å². The predicted octanol–water partition coefficient (Wildman–Crippen LogP) is 4.87. The lowest BCUT2D eigenvalue weighted by Gasteiger charge is -2.12. The van der Waals surface area contributed by atoms with Crippen LogP contribution in [0.15, 0.2) is 48.5 Å². The van der Waals surface area contributed by atoms with Gasteiger partial charge in [-0.25, -0.2) is 0 Å². The SMILES string of the molecule is N#C[C@H](CC(=O)c1ccccc1)c1c(Cl)cccc1Cl. The van der Waals surface area contributed by atoms with Crippen molar-refractivity contribution in [1.29, 1.82) is 5.26 Å². The van der Waals surface area contributed by atoms with Gasteiger partial charge in [0.1, 0.15) is 0 Å². The molecular weight excluding hydrogens is 293 g/mol. The molecule has 20 heavy (non-hydrogen) atoms. The number of ketones is 1. The van der Waals surface area contributed by atoms with Gasteiger partial charge in [0.05, 0.1) is 12.0 Å². The number of nitrogens with zero attached hydrogens (tertiary/aromatic N) is 1. The molecule has 0 radical (unpaired) electrons. The van der Waals surface area contributed by atoms with Gasteiger partial charge >= 0.3 is 0 Å². The van der Waals surface area contributed by atoms with Gasteiger partial charge in [-0.1, -0.05) is 59.6 Å². The van der Waals surface area contributed by atoms with Gasteiger partial charge in [0.15, 0.2) is 5.78 Å². The Balaban J connectivity index is 2.27. The van der Waals surface area contributed by atoms with Crippen molar-refractivity contribution in [3.8, 4) is 6.07 Å². The second kappa shape index (κ2) is 6.56. The molecule has 0 unspecified atom stereocenters. The van der Waals surface area contributed by atoms with E-state index in [9.17, 15) is 10.1 Å². The van der Waals surface area contributed by atoms with Gasteiger partial charge < -0.3 is 0 Å². The van der Waals surface area contributed by atoms with Crippen LogP contribution in [0.3, 0.4) is 0 Å². The lowest BCUT2D eigenvalue weighted by atomic mass is 9.92. The molecular formula is C16H11Cl2NO. The van der Waals surface area contributed by atoms with Crippen molar-refractivity contribution in [1.82, 2.24) is 0 Å². The van der Waals surface area contributed by atoms with Crippen LogP contribution in [0.4, 0.5) is 0 Å². The zero-order chi connectivity index (χ0) is 14.5. The van der Waals surface area contributed by atoms with Crippen LogP contribution >= 0.6 is 23.2 Å². The monoisotopic (exact) mass is 303 g/mol. The Hall–Kier alpha value is -1.82. The summed E-state index contributed by atoms with van der Waals surface area (Å²) in [6, 6.07) is 16.0. The molecule has 0 saturated carbocycles. The number of carbonyl (C=O) groups is 1. The Morgan fingerprint density at radius 3 is 2.20 bits per heavy atom. The Morgan fingerprint density at radius 1 is 1.05 bits per heavy atom. The molecule has 100 valence electrons. The minimum atomic E-state index is -0.649. The molecule has 0 fully saturated rings. The van der Waals surface area contributed by atoms with E-state index in [1.807, 2.05) is 6.07 Å². The fourth-order valence-electron chi connectivity index (χ4n) is 1.98. The zero-order valence-electron chi connectivity index (χ0n) is 10.5. The average Bonchev–Trinajstić information content (AvgIpc) is 2.46. The van der Waals surface area contributed by atoms with Crippen molar-refractivity contribution in [3.05, 3.63) is 69.7 Å². The molecule has 0 aliphatic heterocycles. The smallest absolute Gasteiger partial charge is 0.164 e. The molecule has 0 aliphatic carbocycles. The molecule has 0 amide bonds. The highest BCUT2D eigenvalue weighted by Gasteiger charge is 2.21. The van der Waals surface area contributed by atoms with Crippen LogP contribution in [-0.2, 0) is 0 Å². The van der Waals surface area contributed by atoms with Crippen molar-refractivity contribution >= 4 is 29.0 Å². The van der Waals surface area contributed by atoms with Gasteiger partial charge in [0, 0.05) is 27.6 Å². The molecule has 1 atom stereocenters. The van der Waals surface area contributed by atoms with Crippen molar-refractivity contribution < 1.29 is 4.79 Å². The highest BCUT2D eigenvalue weighted by Crippen LogP contribution is 2.33. The van der Waals surface area contributed by atoms with E-state index in [0.29, 0.717) is 21.2 Å². The van der Waals surface area contributed by atoms with Gasteiger partial charge in [-0.2, -0.15) is 5.26 Å². The fourth-order valence-corrected chi connectivity index (χ4v) is 2.64. The van der Waals surface area contributed by atoms with Gasteiger partial charge in [-0.05, 0) is 12.1 Å². The lowest BCUT2D eigenvalue weighted by molar-refractivity contribution is 0.0979. The first-order chi connectivity index (χ1) is 9.63. The summed E-state index contributed by atoms with van der Waals surface area (Å²) in [6.45, 7) is 0. The van der Waals surface area contributed by atoms with Crippen LogP contribution in [0.5, 0.6) is 0 Å². The second-order valence-electron chi connectivity index (χ2n) is 4.31. The molecule has 2 aromatic rings. The van der Waals surface area contributed by atoms with E-state index in [2.05, 4.69) is 6.07 Å². The first-order valence-electron chi connectivity index (χ1n) is 6.05. The molecule has 0 heterocycles. The number of Topliss-reactive ketones (excluding diaryl/α,β-unsaturated/α-hetero) is 1. The van der Waals surface area contributed by atoms with Crippen LogP contribution < -0.4 is 0 Å². The quantitative estimate of drug-likeness (QED) is 0.756. The van der Waals surface area contributed by atoms with Crippen LogP contribution in [0.1, 0.15) is 28.3 Å². The summed E-state index contributed by atoms with van der Waals surface area (Å²) >= 11 is 12.2. The third kappa shape index (κ3) is 3.19. The number of halogens is 2. The van der Waals surface area contributed by atoms with E-state index in [0.717, 1.165) is 0 Å². The van der Waals surface area contributed by atoms with Gasteiger partial charge in [-0.15, -0.1) is 0 Å². The third-order valence-corrected chi connectivity index (χ3v) is 3.65. The summed E-state index contributed by atoms with van der Waals surface area (Å²) in [7, 11) is 0. The van der Waals surface area contributed by atoms with Gasteiger partial charge in [0.25, 0.3) is 0 Å². The Labute approximate surface area is 127 Å². The molecule has 0 saturated heterocycles. The molecule has 0 N–H and O–H groups in total. The number of rotatable bonds is 4. The number of hydrogen-bond acceptors (Lipinski definition) is 2. The fraction of sp³-hybridized carbons (Fsp3) is 0.125. The second-order valence-corrected chi connectivity index (χ2v) is 5.12. The molecule has 4 heteroatoms. The molecule has 2 aromatic carbocycles. The largest absolute Gasteiger partial charge is 0.294 e. The van der Waals surface area contributed by atoms with Crippen molar-refractivity contribution in [2.24, 2.45) is 0 Å². The van der Waals surface area contributed by atoms with E-state index in [-0.39, 0.29) is 12.2 Å². The summed E-state index contributed by atoms with van der Waals surface area (Å²) in [6.07, 6.45) is 0.0595. The number of hydrogen-bond donors (Lipinski definition) is 0. The molecule has 2 rings (SSSR count). The number of nitriles is 1. The van der Waals surface area contributed by atoms with E-state index in [1.54, 1.807) is 42.5 Å². The van der Waals surface area contributed by atoms with Crippen molar-refractivity contribution in [3.63, 3.8) is 0 Å². The summed E-state index contributed by atoms with van der Waals surface area (Å²) in [5.74, 6) is -0.753. The summed E-state index contributed by atoms with van der Waals surface area (Å²) in [5.41, 5.74) is 1.10. The van der Waals surface area contributed by atoms with Crippen molar-refractivity contribution in [2.75, 3.05) is 0 Å². The first-order valence-corrected chi connectivity index (χ1v) is 6.81. The minimum absolute atomic E-state index is 0.0595. The average molecular weight is 304 g/mol. The summed E-state index contributed by atoms with van der Waals surface area (Å²) in [5, 5.41) is 10.1. The van der Waals surface area contributed by atoms with Crippen LogP contribution in [-0.4, -0.2) is 5.78 Å². The topological polar surface area (TPSA) is 40.9 Å². The molecule has 2 nitrogen and oxygen atoms in total. The third-order valence-electron chi connectivity index (χ3n) is 2.99. The summed E-state index contributed by atoms with van der Waals surface area (Å²) in [4.78, 5) is 12.2. The maximum absolute atomic E-state index is 12.2.